The van der Waals surface area contributed by atoms with Gasteiger partial charge in [0.1, 0.15) is 0 Å². The molecule has 3 rings (SSSR count). The van der Waals surface area contributed by atoms with E-state index in [4.69, 9.17) is 0 Å². The van der Waals surface area contributed by atoms with Crippen molar-refractivity contribution in [2.45, 2.75) is 20.8 Å². The average molecular weight is 313 g/mol. The smallest absolute Gasteiger partial charge is 0.307 e. The molecule has 1 amide bonds. The molecule has 3 N–H and O–H groups in total. The van der Waals surface area contributed by atoms with Crippen molar-refractivity contribution in [3.63, 3.8) is 0 Å². The first-order valence-corrected chi connectivity index (χ1v) is 7.48. The van der Waals surface area contributed by atoms with Gasteiger partial charge in [0.2, 0.25) is 5.91 Å². The van der Waals surface area contributed by atoms with Gasteiger partial charge in [0.25, 0.3) is 0 Å². The van der Waals surface area contributed by atoms with Gasteiger partial charge in [-0.25, -0.2) is 0 Å². The van der Waals surface area contributed by atoms with E-state index in [2.05, 4.69) is 15.5 Å². The van der Waals surface area contributed by atoms with Gasteiger partial charge in [0.15, 0.2) is 5.82 Å². The summed E-state index contributed by atoms with van der Waals surface area (Å²) in [6.07, 6.45) is 0. The van der Waals surface area contributed by atoms with Crippen LogP contribution in [-0.2, 0) is 9.59 Å². The van der Waals surface area contributed by atoms with Crippen molar-refractivity contribution in [2.24, 2.45) is 17.3 Å². The molecule has 0 bridgehead atoms. The van der Waals surface area contributed by atoms with E-state index in [0.29, 0.717) is 5.82 Å². The molecule has 0 spiro atoms. The molecule has 1 fully saturated rings. The van der Waals surface area contributed by atoms with Crippen LogP contribution in [-0.4, -0.2) is 27.2 Å². The minimum atomic E-state index is -0.934. The van der Waals surface area contributed by atoms with Crippen LogP contribution in [0.2, 0.25) is 0 Å². The third-order valence-electron chi connectivity index (χ3n) is 4.63. The zero-order chi connectivity index (χ0) is 16.8. The van der Waals surface area contributed by atoms with Crippen molar-refractivity contribution in [1.82, 2.24) is 10.2 Å². The van der Waals surface area contributed by atoms with Gasteiger partial charge in [0, 0.05) is 11.3 Å². The Morgan fingerprint density at radius 2 is 1.87 bits per heavy atom. The molecule has 1 heterocycles. The van der Waals surface area contributed by atoms with Crippen molar-refractivity contribution < 1.29 is 14.7 Å². The monoisotopic (exact) mass is 313 g/mol. The summed E-state index contributed by atoms with van der Waals surface area (Å²) in [5.41, 5.74) is 2.08. The fraction of sp³-hybridized carbons (Fsp3) is 0.353. The maximum atomic E-state index is 12.5. The fourth-order valence-corrected chi connectivity index (χ4v) is 3.26. The number of aromatic nitrogens is 2. The van der Waals surface area contributed by atoms with Crippen LogP contribution in [0.3, 0.4) is 0 Å². The molecule has 1 aliphatic carbocycles. The molecular weight excluding hydrogens is 294 g/mol. The lowest BCUT2D eigenvalue weighted by molar-refractivity contribution is -0.140. The van der Waals surface area contributed by atoms with Crippen molar-refractivity contribution in [3.8, 4) is 11.1 Å². The highest BCUT2D eigenvalue weighted by atomic mass is 16.4. The molecule has 120 valence electrons. The maximum absolute atomic E-state index is 12.5. The van der Waals surface area contributed by atoms with Crippen LogP contribution in [0.4, 0.5) is 5.82 Å². The van der Waals surface area contributed by atoms with Crippen LogP contribution < -0.4 is 5.32 Å². The topological polar surface area (TPSA) is 95.1 Å². The lowest BCUT2D eigenvalue weighted by atomic mass is 10.1. The van der Waals surface area contributed by atoms with Gasteiger partial charge in [0.05, 0.1) is 11.8 Å². The standard InChI is InChI=1S/C17H19N3O3/c1-9-11(10-7-5-4-6-8-10)14(20-19-9)18-15(21)12-13(16(22)23)17(12,2)3/h4-8,12-13H,1-3H3,(H,22,23)(H2,18,19,20,21)/t12-,13-/m1/s1. The predicted octanol–water partition coefficient (Wildman–Crippen LogP) is 2.68. The molecular formula is C17H19N3O3. The summed E-state index contributed by atoms with van der Waals surface area (Å²) in [5, 5.41) is 19.0. The minimum Gasteiger partial charge on any atom is -0.481 e. The van der Waals surface area contributed by atoms with E-state index in [9.17, 15) is 14.7 Å². The summed E-state index contributed by atoms with van der Waals surface area (Å²) in [6, 6.07) is 9.63. The molecule has 0 saturated heterocycles. The number of aliphatic carboxylic acids is 1. The Kier molecular flexibility index (Phi) is 3.47. The molecule has 0 unspecified atom stereocenters. The van der Waals surface area contributed by atoms with E-state index in [1.165, 1.54) is 0 Å². The molecule has 23 heavy (non-hydrogen) atoms. The summed E-state index contributed by atoms with van der Waals surface area (Å²) < 4.78 is 0. The number of carbonyl (C=O) groups is 2. The number of anilines is 1. The number of aryl methyl sites for hydroxylation is 1. The molecule has 2 aromatic rings. The summed E-state index contributed by atoms with van der Waals surface area (Å²) in [5.74, 6) is -1.99. The molecule has 1 aromatic heterocycles. The van der Waals surface area contributed by atoms with Crippen LogP contribution in [0.15, 0.2) is 30.3 Å². The van der Waals surface area contributed by atoms with Gasteiger partial charge in [-0.2, -0.15) is 5.10 Å². The van der Waals surface area contributed by atoms with E-state index in [1.807, 2.05) is 37.3 Å². The molecule has 1 aromatic carbocycles. The summed E-state index contributed by atoms with van der Waals surface area (Å²) in [4.78, 5) is 23.7. The number of hydrogen-bond donors (Lipinski definition) is 3. The zero-order valence-electron chi connectivity index (χ0n) is 13.3. The third kappa shape index (κ3) is 2.50. The molecule has 1 aliphatic rings. The Bertz CT molecular complexity index is 765. The van der Waals surface area contributed by atoms with E-state index in [-0.39, 0.29) is 5.91 Å². The van der Waals surface area contributed by atoms with Crippen molar-refractivity contribution in [3.05, 3.63) is 36.0 Å². The average Bonchev–Trinajstić information content (AvgIpc) is 2.91. The van der Waals surface area contributed by atoms with Crippen molar-refractivity contribution >= 4 is 17.7 Å². The molecule has 6 nitrogen and oxygen atoms in total. The van der Waals surface area contributed by atoms with Crippen LogP contribution in [0, 0.1) is 24.2 Å². The van der Waals surface area contributed by atoms with E-state index in [0.717, 1.165) is 16.8 Å². The number of amides is 1. The van der Waals surface area contributed by atoms with E-state index < -0.39 is 23.2 Å². The number of benzene rings is 1. The van der Waals surface area contributed by atoms with Crippen LogP contribution in [0.1, 0.15) is 19.5 Å². The van der Waals surface area contributed by atoms with Crippen LogP contribution in [0.5, 0.6) is 0 Å². The summed E-state index contributed by atoms with van der Waals surface area (Å²) in [7, 11) is 0. The van der Waals surface area contributed by atoms with Gasteiger partial charge >= 0.3 is 5.97 Å². The first-order chi connectivity index (χ1) is 10.8. The molecule has 0 radical (unpaired) electrons. The fourth-order valence-electron chi connectivity index (χ4n) is 3.26. The number of nitrogens with zero attached hydrogens (tertiary/aromatic N) is 1. The van der Waals surface area contributed by atoms with Crippen LogP contribution >= 0.6 is 0 Å². The second-order valence-corrected chi connectivity index (χ2v) is 6.54. The SMILES string of the molecule is Cc1[nH]nc(NC(=O)[C@H]2[C@H](C(=O)O)C2(C)C)c1-c1ccccc1. The van der Waals surface area contributed by atoms with Crippen molar-refractivity contribution in [1.29, 1.82) is 0 Å². The minimum absolute atomic E-state index is 0.300. The van der Waals surface area contributed by atoms with E-state index >= 15 is 0 Å². The molecule has 6 heteroatoms. The second-order valence-electron chi connectivity index (χ2n) is 6.54. The number of carbonyl (C=O) groups excluding carboxylic acids is 1. The van der Waals surface area contributed by atoms with Gasteiger partial charge < -0.3 is 10.4 Å². The van der Waals surface area contributed by atoms with Gasteiger partial charge in [-0.15, -0.1) is 0 Å². The Morgan fingerprint density at radius 3 is 2.43 bits per heavy atom. The largest absolute Gasteiger partial charge is 0.481 e. The number of rotatable bonds is 4. The van der Waals surface area contributed by atoms with E-state index in [1.54, 1.807) is 13.8 Å². The third-order valence-corrected chi connectivity index (χ3v) is 4.63. The Hall–Kier alpha value is -2.63. The number of nitrogens with one attached hydrogen (secondary N) is 2. The maximum Gasteiger partial charge on any atom is 0.307 e. The normalized spacial score (nSPS) is 21.7. The molecule has 0 aliphatic heterocycles. The van der Waals surface area contributed by atoms with Gasteiger partial charge in [-0.3, -0.25) is 14.7 Å². The summed E-state index contributed by atoms with van der Waals surface area (Å²) >= 11 is 0. The number of carboxylic acid groups (broad SMARTS) is 1. The van der Waals surface area contributed by atoms with Gasteiger partial charge in [-0.1, -0.05) is 44.2 Å². The number of H-pyrrole nitrogens is 1. The predicted molar refractivity (Wildman–Crippen MR) is 85.8 cm³/mol. The highest BCUT2D eigenvalue weighted by Crippen LogP contribution is 2.58. The second kappa shape index (κ2) is 5.22. The highest BCUT2D eigenvalue weighted by molar-refractivity contribution is 6.01. The zero-order valence-corrected chi connectivity index (χ0v) is 13.3. The lowest BCUT2D eigenvalue weighted by Crippen LogP contribution is -2.18. The number of hydrogen-bond acceptors (Lipinski definition) is 3. The highest BCUT2D eigenvalue weighted by Gasteiger charge is 2.66. The molecule has 1 saturated carbocycles. The Labute approximate surface area is 133 Å². The lowest BCUT2D eigenvalue weighted by Gasteiger charge is -2.07. The van der Waals surface area contributed by atoms with Crippen LogP contribution in [0.25, 0.3) is 11.1 Å². The van der Waals surface area contributed by atoms with Crippen molar-refractivity contribution in [2.75, 3.05) is 5.32 Å². The summed E-state index contributed by atoms with van der Waals surface area (Å²) in [6.45, 7) is 5.47. The first-order valence-electron chi connectivity index (χ1n) is 7.48. The number of aromatic amines is 1. The number of carboxylic acids is 1. The quantitative estimate of drug-likeness (QED) is 0.808. The molecule has 2 atom stereocenters. The first kappa shape index (κ1) is 15.3. The Morgan fingerprint density at radius 1 is 1.22 bits per heavy atom. The van der Waals surface area contributed by atoms with Gasteiger partial charge in [-0.05, 0) is 17.9 Å². The Balaban J connectivity index is 1.85.